The molecule has 0 aromatic heterocycles. The molecule has 1 aromatic rings. The van der Waals surface area contributed by atoms with Crippen molar-refractivity contribution in [3.63, 3.8) is 0 Å². The summed E-state index contributed by atoms with van der Waals surface area (Å²) in [7, 11) is 2.18. The van der Waals surface area contributed by atoms with Gasteiger partial charge in [0.15, 0.2) is 0 Å². The van der Waals surface area contributed by atoms with Crippen molar-refractivity contribution in [2.45, 2.75) is 32.2 Å². The van der Waals surface area contributed by atoms with Crippen LogP contribution in [0.2, 0.25) is 0 Å². The summed E-state index contributed by atoms with van der Waals surface area (Å²) in [5.41, 5.74) is 2.93. The largest absolute Gasteiger partial charge is 0.373 e. The molecule has 0 radical (unpaired) electrons. The monoisotopic (exact) mass is 218 g/mol. The molecule has 0 bridgehead atoms. The minimum Gasteiger partial charge on any atom is -0.373 e. The second-order valence-electron chi connectivity index (χ2n) is 5.29. The summed E-state index contributed by atoms with van der Waals surface area (Å²) >= 11 is 0. The van der Waals surface area contributed by atoms with Crippen molar-refractivity contribution in [2.24, 2.45) is 0 Å². The van der Waals surface area contributed by atoms with Crippen LogP contribution in [0.3, 0.4) is 0 Å². The number of anilines is 1. The number of nitrogens with zero attached hydrogens (tertiary/aromatic N) is 1. The molecule has 88 valence electrons. The fraction of sp³-hybridized carbons (Fsp3) is 0.571. The van der Waals surface area contributed by atoms with Crippen LogP contribution in [-0.4, -0.2) is 25.7 Å². The molecule has 1 unspecified atom stereocenters. The molecule has 1 N–H and O–H groups in total. The van der Waals surface area contributed by atoms with Crippen molar-refractivity contribution < 1.29 is 0 Å². The first-order valence-electron chi connectivity index (χ1n) is 6.12. The Bertz CT molecular complexity index is 354. The number of rotatable bonds is 3. The average molecular weight is 218 g/mol. The normalized spacial score (nSPS) is 24.7. The Kier molecular flexibility index (Phi) is 3.20. The summed E-state index contributed by atoms with van der Waals surface area (Å²) in [4.78, 5) is 2.35. The van der Waals surface area contributed by atoms with Gasteiger partial charge in [0.25, 0.3) is 0 Å². The van der Waals surface area contributed by atoms with Crippen LogP contribution in [0.1, 0.15) is 25.3 Å². The van der Waals surface area contributed by atoms with E-state index >= 15 is 0 Å². The Morgan fingerprint density at radius 1 is 1.44 bits per heavy atom. The van der Waals surface area contributed by atoms with Crippen LogP contribution >= 0.6 is 0 Å². The van der Waals surface area contributed by atoms with Crippen molar-refractivity contribution in [1.82, 2.24) is 5.32 Å². The maximum atomic E-state index is 3.61. The van der Waals surface area contributed by atoms with Gasteiger partial charge in [0.1, 0.15) is 0 Å². The van der Waals surface area contributed by atoms with Crippen molar-refractivity contribution in [1.29, 1.82) is 0 Å². The molecule has 1 atom stereocenters. The third kappa shape index (κ3) is 2.56. The smallest absolute Gasteiger partial charge is 0.0366 e. The highest BCUT2D eigenvalue weighted by atomic mass is 15.2. The predicted octanol–water partition coefficient (Wildman–Crippen LogP) is 2.57. The third-order valence-electron chi connectivity index (χ3n) is 3.49. The maximum absolute atomic E-state index is 3.61. The SMILES string of the molecule is Cc1cccc(N(C)CC2(C)CCCN2)c1. The van der Waals surface area contributed by atoms with E-state index in [4.69, 9.17) is 0 Å². The van der Waals surface area contributed by atoms with Gasteiger partial charge in [-0.2, -0.15) is 0 Å². The van der Waals surface area contributed by atoms with Gasteiger partial charge in [-0.3, -0.25) is 0 Å². The molecule has 0 aliphatic carbocycles. The Morgan fingerprint density at radius 2 is 2.25 bits per heavy atom. The van der Waals surface area contributed by atoms with Gasteiger partial charge in [0.05, 0.1) is 0 Å². The summed E-state index contributed by atoms with van der Waals surface area (Å²) in [6.45, 7) is 6.72. The lowest BCUT2D eigenvalue weighted by Gasteiger charge is -2.31. The number of aryl methyl sites for hydroxylation is 1. The number of benzene rings is 1. The third-order valence-corrected chi connectivity index (χ3v) is 3.49. The van der Waals surface area contributed by atoms with Gasteiger partial charge in [0.2, 0.25) is 0 Å². The standard InChI is InChI=1S/C14H22N2/c1-12-6-4-7-13(10-12)16(3)11-14(2)8-5-9-15-14/h4,6-7,10,15H,5,8-9,11H2,1-3H3. The lowest BCUT2D eigenvalue weighted by atomic mass is 9.99. The molecule has 0 spiro atoms. The lowest BCUT2D eigenvalue weighted by molar-refractivity contribution is 0.419. The topological polar surface area (TPSA) is 15.3 Å². The van der Waals surface area contributed by atoms with Crippen LogP contribution in [0.4, 0.5) is 5.69 Å². The molecule has 1 heterocycles. The lowest BCUT2D eigenvalue weighted by Crippen LogP contribution is -2.46. The zero-order valence-electron chi connectivity index (χ0n) is 10.6. The summed E-state index contributed by atoms with van der Waals surface area (Å²) < 4.78 is 0. The highest BCUT2D eigenvalue weighted by molar-refractivity contribution is 5.48. The van der Waals surface area contributed by atoms with Gasteiger partial charge in [-0.05, 0) is 50.9 Å². The van der Waals surface area contributed by atoms with Crippen molar-refractivity contribution in [2.75, 3.05) is 25.0 Å². The second-order valence-corrected chi connectivity index (χ2v) is 5.29. The molecule has 2 rings (SSSR count). The van der Waals surface area contributed by atoms with Crippen LogP contribution in [0.25, 0.3) is 0 Å². The first-order chi connectivity index (χ1) is 7.59. The summed E-state index contributed by atoms with van der Waals surface area (Å²) in [5, 5.41) is 3.61. The van der Waals surface area contributed by atoms with Crippen molar-refractivity contribution in [3.8, 4) is 0 Å². The van der Waals surface area contributed by atoms with Crippen molar-refractivity contribution in [3.05, 3.63) is 29.8 Å². The maximum Gasteiger partial charge on any atom is 0.0366 e. The average Bonchev–Trinajstić information content (AvgIpc) is 2.65. The van der Waals surface area contributed by atoms with Gasteiger partial charge in [-0.15, -0.1) is 0 Å². The molecule has 16 heavy (non-hydrogen) atoms. The summed E-state index contributed by atoms with van der Waals surface area (Å²) in [6, 6.07) is 8.71. The highest BCUT2D eigenvalue weighted by Crippen LogP contribution is 2.22. The molecule has 1 saturated heterocycles. The van der Waals surface area contributed by atoms with E-state index in [9.17, 15) is 0 Å². The molecule has 1 fully saturated rings. The van der Waals surface area contributed by atoms with E-state index in [1.807, 2.05) is 0 Å². The quantitative estimate of drug-likeness (QED) is 0.839. The highest BCUT2D eigenvalue weighted by Gasteiger charge is 2.29. The van der Waals surface area contributed by atoms with Gasteiger partial charge >= 0.3 is 0 Å². The summed E-state index contributed by atoms with van der Waals surface area (Å²) in [5.74, 6) is 0. The molecule has 1 aromatic carbocycles. The summed E-state index contributed by atoms with van der Waals surface area (Å²) in [6.07, 6.45) is 2.58. The van der Waals surface area contributed by atoms with Crippen LogP contribution in [0.5, 0.6) is 0 Å². The van der Waals surface area contributed by atoms with E-state index in [2.05, 4.69) is 55.4 Å². The molecule has 1 aliphatic heterocycles. The van der Waals surface area contributed by atoms with E-state index in [1.54, 1.807) is 0 Å². The fourth-order valence-corrected chi connectivity index (χ4v) is 2.57. The van der Waals surface area contributed by atoms with E-state index in [1.165, 1.54) is 24.1 Å². The van der Waals surface area contributed by atoms with Crippen LogP contribution < -0.4 is 10.2 Å². The van der Waals surface area contributed by atoms with E-state index in [0.29, 0.717) is 5.54 Å². The molecular weight excluding hydrogens is 196 g/mol. The van der Waals surface area contributed by atoms with Gasteiger partial charge in [-0.25, -0.2) is 0 Å². The first-order valence-corrected chi connectivity index (χ1v) is 6.12. The molecule has 0 amide bonds. The van der Waals surface area contributed by atoms with Gasteiger partial charge in [-0.1, -0.05) is 12.1 Å². The van der Waals surface area contributed by atoms with Gasteiger partial charge in [0, 0.05) is 24.8 Å². The van der Waals surface area contributed by atoms with E-state index in [0.717, 1.165) is 13.1 Å². The fourth-order valence-electron chi connectivity index (χ4n) is 2.57. The van der Waals surface area contributed by atoms with E-state index in [-0.39, 0.29) is 0 Å². The predicted molar refractivity (Wildman–Crippen MR) is 70.1 cm³/mol. The van der Waals surface area contributed by atoms with Gasteiger partial charge < -0.3 is 10.2 Å². The zero-order chi connectivity index (χ0) is 11.6. The zero-order valence-corrected chi connectivity index (χ0v) is 10.6. The van der Waals surface area contributed by atoms with Crippen LogP contribution in [0, 0.1) is 6.92 Å². The molecule has 1 aliphatic rings. The van der Waals surface area contributed by atoms with E-state index < -0.39 is 0 Å². The minimum absolute atomic E-state index is 0.290. The first kappa shape index (κ1) is 11.5. The molecule has 2 nitrogen and oxygen atoms in total. The Hall–Kier alpha value is -1.02. The minimum atomic E-state index is 0.290. The van der Waals surface area contributed by atoms with Crippen LogP contribution in [-0.2, 0) is 0 Å². The van der Waals surface area contributed by atoms with Crippen LogP contribution in [0.15, 0.2) is 24.3 Å². The Balaban J connectivity index is 2.05. The Morgan fingerprint density at radius 3 is 2.88 bits per heavy atom. The van der Waals surface area contributed by atoms with Crippen molar-refractivity contribution >= 4 is 5.69 Å². The number of hydrogen-bond acceptors (Lipinski definition) is 2. The molecule has 0 saturated carbocycles. The Labute approximate surface area is 98.7 Å². The number of likely N-dealkylation sites (N-methyl/N-ethyl adjacent to an activating group) is 1. The molecule has 2 heteroatoms. The second kappa shape index (κ2) is 4.46. The molecular formula is C14H22N2. The number of nitrogens with one attached hydrogen (secondary N) is 1. The number of hydrogen-bond donors (Lipinski definition) is 1.